The Morgan fingerprint density at radius 1 is 1.19 bits per heavy atom. The molecule has 1 heterocycles. The molecule has 2 N–H and O–H groups in total. The highest BCUT2D eigenvalue weighted by molar-refractivity contribution is 6.30. The Morgan fingerprint density at radius 2 is 1.90 bits per heavy atom. The average Bonchev–Trinajstić information content (AvgIpc) is 2.69. The number of halogens is 2. The summed E-state index contributed by atoms with van der Waals surface area (Å²) in [6.45, 7) is 0.629. The van der Waals surface area contributed by atoms with Gasteiger partial charge in [-0.2, -0.15) is 0 Å². The number of nitrogens with two attached hydrogens (primary N) is 1. The second-order valence-corrected chi connectivity index (χ2v) is 6.35. The number of hydrogen-bond acceptors (Lipinski definition) is 3. The molecule has 1 atom stereocenters. The lowest BCUT2D eigenvalue weighted by Crippen LogP contribution is -2.43. The molecule has 1 unspecified atom stereocenters. The van der Waals surface area contributed by atoms with Gasteiger partial charge in [-0.3, -0.25) is 4.99 Å². The van der Waals surface area contributed by atoms with Crippen LogP contribution in [0.25, 0.3) is 0 Å². The summed E-state index contributed by atoms with van der Waals surface area (Å²) >= 11 is 5.93. The molecule has 1 saturated carbocycles. The van der Waals surface area contributed by atoms with Crippen molar-refractivity contribution in [3.63, 3.8) is 0 Å². The van der Waals surface area contributed by atoms with Crippen molar-refractivity contribution in [3.8, 4) is 0 Å². The molecule has 114 valence electrons. The Hall–Kier alpha value is -1.29. The van der Waals surface area contributed by atoms with Crippen molar-refractivity contribution in [1.29, 1.82) is 0 Å². The smallest absolute Gasteiger partial charge is 0.192 e. The summed E-state index contributed by atoms with van der Waals surface area (Å²) in [5, 5.41) is 0.166. The van der Waals surface area contributed by atoms with E-state index in [2.05, 4.69) is 9.89 Å². The van der Waals surface area contributed by atoms with Crippen LogP contribution >= 0.6 is 11.6 Å². The normalized spacial score (nSPS) is 24.0. The molecule has 2 aliphatic rings. The number of guanidine groups is 1. The van der Waals surface area contributed by atoms with Crippen LogP contribution in [-0.4, -0.2) is 23.4 Å². The number of benzene rings is 1. The van der Waals surface area contributed by atoms with E-state index in [1.54, 1.807) is 12.1 Å². The Bertz CT molecular complexity index is 538. The number of rotatable bonds is 2. The molecule has 3 rings (SSSR count). The minimum atomic E-state index is -0.381. The summed E-state index contributed by atoms with van der Waals surface area (Å²) in [5.41, 5.74) is 7.12. The molecule has 1 aliphatic heterocycles. The average molecular weight is 310 g/mol. The van der Waals surface area contributed by atoms with Crippen molar-refractivity contribution in [2.75, 3.05) is 6.54 Å². The van der Waals surface area contributed by atoms with Gasteiger partial charge in [-0.15, -0.1) is 0 Å². The first-order valence-electron chi connectivity index (χ1n) is 7.70. The maximum absolute atomic E-state index is 13.4. The second kappa shape index (κ2) is 6.22. The Balaban J connectivity index is 1.85. The molecule has 3 nitrogen and oxygen atoms in total. The first-order chi connectivity index (χ1) is 10.2. The van der Waals surface area contributed by atoms with Crippen molar-refractivity contribution < 1.29 is 4.39 Å². The molecular formula is C16H21ClFN3. The monoisotopic (exact) mass is 309 g/mol. The van der Waals surface area contributed by atoms with Crippen molar-refractivity contribution in [1.82, 2.24) is 4.90 Å². The number of nitrogens with zero attached hydrogens (tertiary/aromatic N) is 2. The van der Waals surface area contributed by atoms with E-state index in [1.807, 2.05) is 0 Å². The lowest BCUT2D eigenvalue weighted by atomic mass is 10.0. The van der Waals surface area contributed by atoms with Crippen molar-refractivity contribution in [2.45, 2.75) is 50.6 Å². The third-order valence-corrected chi connectivity index (χ3v) is 4.86. The number of hydrogen-bond donors (Lipinski definition) is 1. The lowest BCUT2D eigenvalue weighted by molar-refractivity contribution is 0.237. The number of aliphatic imine (C=N–C) groups is 1. The fraction of sp³-hybridized carbons (Fsp3) is 0.562. The minimum Gasteiger partial charge on any atom is -0.370 e. The van der Waals surface area contributed by atoms with Gasteiger partial charge < -0.3 is 10.6 Å². The first kappa shape index (κ1) is 14.6. The molecule has 21 heavy (non-hydrogen) atoms. The summed E-state index contributed by atoms with van der Waals surface area (Å²) in [6, 6.07) is 5.46. The zero-order valence-electron chi connectivity index (χ0n) is 12.1. The summed E-state index contributed by atoms with van der Waals surface area (Å²) < 4.78 is 13.4. The van der Waals surface area contributed by atoms with Gasteiger partial charge in [0.1, 0.15) is 5.82 Å². The first-order valence-corrected chi connectivity index (χ1v) is 8.08. The fourth-order valence-corrected chi connectivity index (χ4v) is 3.66. The van der Waals surface area contributed by atoms with Gasteiger partial charge in [0.05, 0.1) is 17.6 Å². The van der Waals surface area contributed by atoms with Crippen LogP contribution in [0.2, 0.25) is 5.02 Å². The third kappa shape index (κ3) is 3.00. The van der Waals surface area contributed by atoms with Crippen LogP contribution < -0.4 is 5.73 Å². The van der Waals surface area contributed by atoms with Crippen LogP contribution in [0.5, 0.6) is 0 Å². The fourth-order valence-electron chi connectivity index (χ4n) is 3.47. The molecule has 1 aliphatic carbocycles. The molecule has 0 amide bonds. The highest BCUT2D eigenvalue weighted by Crippen LogP contribution is 2.34. The lowest BCUT2D eigenvalue weighted by Gasteiger charge is -2.34. The summed E-state index contributed by atoms with van der Waals surface area (Å²) in [7, 11) is 0. The zero-order valence-corrected chi connectivity index (χ0v) is 12.8. The molecule has 5 heteroatoms. The molecule has 1 aromatic rings. The van der Waals surface area contributed by atoms with Crippen LogP contribution in [0.3, 0.4) is 0 Å². The highest BCUT2D eigenvalue weighted by atomic mass is 35.5. The van der Waals surface area contributed by atoms with E-state index in [0.717, 1.165) is 18.4 Å². The van der Waals surface area contributed by atoms with Gasteiger partial charge in [-0.25, -0.2) is 4.39 Å². The van der Waals surface area contributed by atoms with Crippen molar-refractivity contribution in [3.05, 3.63) is 34.6 Å². The second-order valence-electron chi connectivity index (χ2n) is 5.94. The highest BCUT2D eigenvalue weighted by Gasteiger charge is 2.33. The molecule has 0 bridgehead atoms. The quantitative estimate of drug-likeness (QED) is 0.843. The van der Waals surface area contributed by atoms with E-state index in [1.165, 1.54) is 31.7 Å². The molecule has 0 spiro atoms. The van der Waals surface area contributed by atoms with Crippen molar-refractivity contribution >= 4 is 17.6 Å². The van der Waals surface area contributed by atoms with Crippen LogP contribution in [-0.2, 0) is 0 Å². The van der Waals surface area contributed by atoms with Gasteiger partial charge in [0.2, 0.25) is 0 Å². The van der Waals surface area contributed by atoms with Crippen molar-refractivity contribution in [2.24, 2.45) is 10.7 Å². The van der Waals surface area contributed by atoms with E-state index in [9.17, 15) is 4.39 Å². The van der Waals surface area contributed by atoms with E-state index in [0.29, 0.717) is 18.5 Å². The Labute approximate surface area is 130 Å². The molecule has 1 aromatic carbocycles. The van der Waals surface area contributed by atoms with Crippen LogP contribution in [0.15, 0.2) is 23.2 Å². The molecule has 1 fully saturated rings. The largest absolute Gasteiger partial charge is 0.370 e. The van der Waals surface area contributed by atoms with Gasteiger partial charge in [0.25, 0.3) is 0 Å². The molecule has 0 radical (unpaired) electrons. The van der Waals surface area contributed by atoms with Gasteiger partial charge in [0, 0.05) is 6.04 Å². The van der Waals surface area contributed by atoms with Gasteiger partial charge >= 0.3 is 0 Å². The Morgan fingerprint density at radius 3 is 2.57 bits per heavy atom. The SMILES string of the molecule is NC1=NCC(c2ccc(F)c(Cl)c2)N1C1CCCCCC1. The molecule has 0 saturated heterocycles. The predicted octanol–water partition coefficient (Wildman–Crippen LogP) is 3.87. The standard InChI is InChI=1S/C16H21ClFN3/c17-13-9-11(7-8-14(13)18)15-10-20-16(19)21(15)12-5-3-1-2-4-6-12/h7-9,12,15H,1-6,10H2,(H2,19,20). The van der Waals surface area contributed by atoms with Crippen LogP contribution in [0, 0.1) is 5.82 Å². The van der Waals surface area contributed by atoms with Crippen LogP contribution in [0.4, 0.5) is 4.39 Å². The maximum atomic E-state index is 13.4. The third-order valence-electron chi connectivity index (χ3n) is 4.57. The summed E-state index contributed by atoms with van der Waals surface area (Å²) in [6.07, 6.45) is 7.39. The zero-order chi connectivity index (χ0) is 14.8. The van der Waals surface area contributed by atoms with Gasteiger partial charge in [-0.05, 0) is 30.5 Å². The van der Waals surface area contributed by atoms with E-state index < -0.39 is 0 Å². The minimum absolute atomic E-state index is 0.0891. The van der Waals surface area contributed by atoms with E-state index >= 15 is 0 Å². The topological polar surface area (TPSA) is 41.6 Å². The summed E-state index contributed by atoms with van der Waals surface area (Å²) in [5.74, 6) is 0.237. The molecule has 0 aromatic heterocycles. The van der Waals surface area contributed by atoms with Gasteiger partial charge in [-0.1, -0.05) is 43.4 Å². The predicted molar refractivity (Wildman–Crippen MR) is 84.0 cm³/mol. The van der Waals surface area contributed by atoms with Crippen LogP contribution in [0.1, 0.15) is 50.1 Å². The van der Waals surface area contributed by atoms with E-state index in [-0.39, 0.29) is 16.9 Å². The molecular weight excluding hydrogens is 289 g/mol. The summed E-state index contributed by atoms with van der Waals surface area (Å²) in [4.78, 5) is 6.65. The van der Waals surface area contributed by atoms with E-state index in [4.69, 9.17) is 17.3 Å². The maximum Gasteiger partial charge on any atom is 0.192 e. The van der Waals surface area contributed by atoms with Gasteiger partial charge in [0.15, 0.2) is 5.96 Å². The Kier molecular flexibility index (Phi) is 4.34.